The van der Waals surface area contributed by atoms with E-state index in [9.17, 15) is 13.9 Å². The molecule has 0 bridgehead atoms. The molecule has 0 saturated carbocycles. The van der Waals surface area contributed by atoms with Gasteiger partial charge in [0.1, 0.15) is 23.8 Å². The van der Waals surface area contributed by atoms with E-state index >= 15 is 0 Å². The number of nitrogens with zero attached hydrogens (tertiary/aromatic N) is 3. The Bertz CT molecular complexity index is 1070. The number of benzene rings is 2. The predicted octanol–water partition coefficient (Wildman–Crippen LogP) is 4.50. The van der Waals surface area contributed by atoms with E-state index in [0.717, 1.165) is 12.1 Å². The van der Waals surface area contributed by atoms with Crippen molar-refractivity contribution in [1.82, 2.24) is 4.98 Å². The number of fused-ring (bicyclic) bond motifs is 1. The lowest BCUT2D eigenvalue weighted by Crippen LogP contribution is -1.94. The number of aromatic nitrogens is 1. The molecule has 0 spiro atoms. The summed E-state index contributed by atoms with van der Waals surface area (Å²) in [4.78, 5) is 4.24. The molecule has 2 aromatic carbocycles. The third kappa shape index (κ3) is 2.89. The maximum atomic E-state index is 13.9. The lowest BCUT2D eigenvalue weighted by Gasteiger charge is -2.07. The topological polar surface area (TPSA) is 80.7 Å². The van der Waals surface area contributed by atoms with Crippen LogP contribution in [0, 0.1) is 34.3 Å². The highest BCUT2D eigenvalue weighted by Crippen LogP contribution is 2.27. The third-order valence-corrected chi connectivity index (χ3v) is 3.64. The molecule has 0 aliphatic carbocycles. The number of hydrogen-bond acceptors (Lipinski definition) is 4. The monoisotopic (exact) mass is 333 g/mol. The Morgan fingerprint density at radius 2 is 1.60 bits per heavy atom. The van der Waals surface area contributed by atoms with Gasteiger partial charge in [-0.3, -0.25) is 0 Å². The van der Waals surface area contributed by atoms with Gasteiger partial charge in [-0.1, -0.05) is 24.3 Å². The zero-order valence-corrected chi connectivity index (χ0v) is 12.7. The average molecular weight is 333 g/mol. The minimum atomic E-state index is -0.734. The van der Waals surface area contributed by atoms with Gasteiger partial charge < -0.3 is 5.11 Å². The molecule has 4 nitrogen and oxygen atoms in total. The number of aliphatic hydroxyl groups is 1. The van der Waals surface area contributed by atoms with E-state index in [1.165, 1.54) is 24.3 Å². The van der Waals surface area contributed by atoms with E-state index in [2.05, 4.69) is 4.98 Å². The Balaban J connectivity index is 2.20. The highest BCUT2D eigenvalue weighted by molar-refractivity contribution is 5.85. The second kappa shape index (κ2) is 6.38. The molecule has 25 heavy (non-hydrogen) atoms. The summed E-state index contributed by atoms with van der Waals surface area (Å²) in [7, 11) is 0. The van der Waals surface area contributed by atoms with Crippen molar-refractivity contribution < 1.29 is 13.9 Å². The fourth-order valence-corrected chi connectivity index (χ4v) is 2.42. The van der Waals surface area contributed by atoms with E-state index < -0.39 is 23.0 Å². The Morgan fingerprint density at radius 3 is 2.24 bits per heavy atom. The van der Waals surface area contributed by atoms with Crippen molar-refractivity contribution >= 4 is 16.7 Å². The highest BCUT2D eigenvalue weighted by Gasteiger charge is 2.14. The molecule has 0 unspecified atom stereocenters. The summed E-state index contributed by atoms with van der Waals surface area (Å²) in [5, 5.41) is 28.3. The second-order valence-electron chi connectivity index (χ2n) is 5.15. The van der Waals surface area contributed by atoms with Crippen molar-refractivity contribution in [2.75, 3.05) is 0 Å². The number of halogens is 2. The quantitative estimate of drug-likeness (QED) is 0.553. The van der Waals surface area contributed by atoms with Gasteiger partial charge in [0, 0.05) is 10.9 Å². The molecule has 0 atom stereocenters. The zero-order chi connectivity index (χ0) is 18.0. The Morgan fingerprint density at radius 1 is 0.960 bits per heavy atom. The number of hydrogen-bond donors (Lipinski definition) is 1. The molecule has 0 aliphatic heterocycles. The standard InChI is InChI=1S/C19H9F2N3O/c20-14-2-1-3-15(21)18(14)16-7-6-11-4-5-12(8-17(11)24-16)19(25)13(9-22)10-23/h1-8,25H. The van der Waals surface area contributed by atoms with Crippen LogP contribution in [-0.2, 0) is 0 Å². The fraction of sp³-hybridized carbons (Fsp3) is 0. The van der Waals surface area contributed by atoms with Crippen LogP contribution < -0.4 is 0 Å². The fourth-order valence-electron chi connectivity index (χ4n) is 2.42. The maximum absolute atomic E-state index is 13.9. The van der Waals surface area contributed by atoms with E-state index in [0.29, 0.717) is 10.9 Å². The number of aliphatic hydroxyl groups excluding tert-OH is 1. The highest BCUT2D eigenvalue weighted by atomic mass is 19.1. The Kier molecular flexibility index (Phi) is 4.11. The van der Waals surface area contributed by atoms with Gasteiger partial charge in [-0.05, 0) is 24.3 Å². The largest absolute Gasteiger partial charge is 0.505 e. The molecule has 120 valence electrons. The smallest absolute Gasteiger partial charge is 0.171 e. The van der Waals surface area contributed by atoms with E-state index in [-0.39, 0.29) is 16.8 Å². The van der Waals surface area contributed by atoms with Gasteiger partial charge in [-0.2, -0.15) is 10.5 Å². The molecule has 0 fully saturated rings. The van der Waals surface area contributed by atoms with Gasteiger partial charge in [0.15, 0.2) is 11.3 Å². The van der Waals surface area contributed by atoms with Crippen molar-refractivity contribution in [3.63, 3.8) is 0 Å². The van der Waals surface area contributed by atoms with Crippen LogP contribution in [-0.4, -0.2) is 10.1 Å². The van der Waals surface area contributed by atoms with Crippen LogP contribution in [0.1, 0.15) is 5.56 Å². The second-order valence-corrected chi connectivity index (χ2v) is 5.15. The van der Waals surface area contributed by atoms with E-state index in [4.69, 9.17) is 10.5 Å². The van der Waals surface area contributed by atoms with Crippen LogP contribution in [0.5, 0.6) is 0 Å². The van der Waals surface area contributed by atoms with Gasteiger partial charge >= 0.3 is 0 Å². The summed E-state index contributed by atoms with van der Waals surface area (Å²) in [6.07, 6.45) is 0. The van der Waals surface area contributed by atoms with Crippen molar-refractivity contribution in [1.29, 1.82) is 10.5 Å². The number of rotatable bonds is 2. The minimum Gasteiger partial charge on any atom is -0.505 e. The molecule has 0 radical (unpaired) electrons. The molecule has 0 saturated heterocycles. The van der Waals surface area contributed by atoms with Gasteiger partial charge in [-0.15, -0.1) is 0 Å². The van der Waals surface area contributed by atoms with E-state index in [1.54, 1.807) is 24.3 Å². The van der Waals surface area contributed by atoms with Crippen LogP contribution in [0.4, 0.5) is 8.78 Å². The Hall–Kier alpha value is -3.77. The number of allylic oxidation sites excluding steroid dienone is 1. The van der Waals surface area contributed by atoms with Crippen LogP contribution in [0.15, 0.2) is 54.1 Å². The molecule has 0 aliphatic rings. The lowest BCUT2D eigenvalue weighted by atomic mass is 10.0. The molecule has 6 heteroatoms. The first kappa shape index (κ1) is 16.1. The SMILES string of the molecule is N#CC(C#N)=C(O)c1ccc2ccc(-c3c(F)cccc3F)nc2c1. The first-order valence-corrected chi connectivity index (χ1v) is 7.14. The molecule has 0 amide bonds. The molecule has 3 rings (SSSR count). The maximum Gasteiger partial charge on any atom is 0.171 e. The van der Waals surface area contributed by atoms with Gasteiger partial charge in [0.05, 0.1) is 16.8 Å². The third-order valence-electron chi connectivity index (χ3n) is 3.64. The summed E-state index contributed by atoms with van der Waals surface area (Å²) >= 11 is 0. The molecular weight excluding hydrogens is 324 g/mol. The van der Waals surface area contributed by atoms with Crippen LogP contribution >= 0.6 is 0 Å². The van der Waals surface area contributed by atoms with Crippen LogP contribution in [0.3, 0.4) is 0 Å². The average Bonchev–Trinajstić information content (AvgIpc) is 2.62. The van der Waals surface area contributed by atoms with Crippen LogP contribution in [0.2, 0.25) is 0 Å². The summed E-state index contributed by atoms with van der Waals surface area (Å²) in [6, 6.07) is 14.5. The van der Waals surface area contributed by atoms with Crippen LogP contribution in [0.25, 0.3) is 27.9 Å². The lowest BCUT2D eigenvalue weighted by molar-refractivity contribution is 0.510. The molecular formula is C19H9F2N3O. The van der Waals surface area contributed by atoms with Crippen molar-refractivity contribution in [3.05, 3.63) is 71.3 Å². The number of pyridine rings is 1. The summed E-state index contributed by atoms with van der Waals surface area (Å²) in [5.41, 5.74) is -0.00634. The van der Waals surface area contributed by atoms with Gasteiger partial charge in [0.2, 0.25) is 0 Å². The molecule has 1 N–H and O–H groups in total. The molecule has 1 aromatic heterocycles. The first-order chi connectivity index (χ1) is 12.0. The van der Waals surface area contributed by atoms with E-state index in [1.807, 2.05) is 0 Å². The van der Waals surface area contributed by atoms with Crippen molar-refractivity contribution in [3.8, 4) is 23.4 Å². The predicted molar refractivity (Wildman–Crippen MR) is 87.9 cm³/mol. The molecule has 3 aromatic rings. The number of nitriles is 2. The first-order valence-electron chi connectivity index (χ1n) is 7.14. The molecule has 1 heterocycles. The summed E-state index contributed by atoms with van der Waals surface area (Å²) < 4.78 is 27.9. The van der Waals surface area contributed by atoms with Crippen molar-refractivity contribution in [2.45, 2.75) is 0 Å². The van der Waals surface area contributed by atoms with Gasteiger partial charge in [-0.25, -0.2) is 13.8 Å². The normalized spacial score (nSPS) is 10.1. The van der Waals surface area contributed by atoms with Gasteiger partial charge in [0.25, 0.3) is 0 Å². The summed E-state index contributed by atoms with van der Waals surface area (Å²) in [5.74, 6) is -1.94. The van der Waals surface area contributed by atoms with Crippen molar-refractivity contribution in [2.24, 2.45) is 0 Å². The summed E-state index contributed by atoms with van der Waals surface area (Å²) in [6.45, 7) is 0. The zero-order valence-electron chi connectivity index (χ0n) is 12.7. The minimum absolute atomic E-state index is 0.101. The Labute approximate surface area is 141 Å².